The van der Waals surface area contributed by atoms with E-state index in [1.165, 1.54) is 6.33 Å². The molecule has 160 valence electrons. The summed E-state index contributed by atoms with van der Waals surface area (Å²) in [5.74, 6) is 1.17. The van der Waals surface area contributed by atoms with Crippen LogP contribution in [-0.4, -0.2) is 26.8 Å². The highest BCUT2D eigenvalue weighted by Crippen LogP contribution is 2.36. The summed E-state index contributed by atoms with van der Waals surface area (Å²) < 4.78 is 7.62. The molecule has 0 bridgehead atoms. The van der Waals surface area contributed by atoms with Crippen LogP contribution in [-0.2, 0) is 4.79 Å². The minimum Gasteiger partial charge on any atom is -0.491 e. The van der Waals surface area contributed by atoms with E-state index in [2.05, 4.69) is 26.8 Å². The van der Waals surface area contributed by atoms with Crippen LogP contribution in [0.4, 0.5) is 11.6 Å². The SMILES string of the molecule is CC1=C(C(=O)Nc2ccc(C)cc2C)C(c2cccc(OC(C)C)c2)n2ncnc2N1. The molecular formula is C24H27N5O2. The van der Waals surface area contributed by atoms with Gasteiger partial charge in [-0.15, -0.1) is 0 Å². The number of ether oxygens (including phenoxy) is 1. The van der Waals surface area contributed by atoms with E-state index in [9.17, 15) is 4.79 Å². The first-order valence-electron chi connectivity index (χ1n) is 10.4. The van der Waals surface area contributed by atoms with E-state index in [4.69, 9.17) is 4.74 Å². The molecule has 7 nitrogen and oxygen atoms in total. The summed E-state index contributed by atoms with van der Waals surface area (Å²) in [6.45, 7) is 9.88. The minimum absolute atomic E-state index is 0.0507. The average Bonchev–Trinajstić information content (AvgIpc) is 3.16. The van der Waals surface area contributed by atoms with Crippen molar-refractivity contribution in [2.45, 2.75) is 46.8 Å². The molecule has 1 aliphatic heterocycles. The Morgan fingerprint density at radius 1 is 1.16 bits per heavy atom. The second-order valence-corrected chi connectivity index (χ2v) is 8.11. The van der Waals surface area contributed by atoms with Crippen molar-refractivity contribution in [1.82, 2.24) is 14.8 Å². The van der Waals surface area contributed by atoms with Crippen LogP contribution in [0.3, 0.4) is 0 Å². The van der Waals surface area contributed by atoms with Crippen molar-refractivity contribution in [2.24, 2.45) is 0 Å². The predicted molar refractivity (Wildman–Crippen MR) is 121 cm³/mol. The first kappa shape index (κ1) is 20.7. The van der Waals surface area contributed by atoms with Crippen molar-refractivity contribution in [1.29, 1.82) is 0 Å². The van der Waals surface area contributed by atoms with Gasteiger partial charge in [-0.1, -0.05) is 29.8 Å². The molecule has 0 radical (unpaired) electrons. The van der Waals surface area contributed by atoms with Crippen LogP contribution in [0.1, 0.15) is 43.5 Å². The number of amides is 1. The number of aromatic nitrogens is 3. The first-order valence-corrected chi connectivity index (χ1v) is 10.4. The maximum absolute atomic E-state index is 13.5. The fourth-order valence-corrected chi connectivity index (χ4v) is 3.87. The number of anilines is 2. The third kappa shape index (κ3) is 4.17. The Bertz CT molecular complexity index is 1160. The van der Waals surface area contributed by atoms with Gasteiger partial charge in [0.2, 0.25) is 5.95 Å². The summed E-state index contributed by atoms with van der Waals surface area (Å²) in [7, 11) is 0. The van der Waals surface area contributed by atoms with Gasteiger partial charge < -0.3 is 15.4 Å². The van der Waals surface area contributed by atoms with E-state index in [1.807, 2.05) is 71.0 Å². The van der Waals surface area contributed by atoms with E-state index < -0.39 is 6.04 Å². The summed E-state index contributed by atoms with van der Waals surface area (Å²) in [6, 6.07) is 13.3. The highest BCUT2D eigenvalue weighted by Gasteiger charge is 2.33. The zero-order valence-electron chi connectivity index (χ0n) is 18.4. The van der Waals surface area contributed by atoms with Crippen molar-refractivity contribution in [3.8, 4) is 5.75 Å². The molecule has 0 saturated carbocycles. The molecule has 2 aromatic carbocycles. The number of carbonyl (C=O) groups is 1. The topological polar surface area (TPSA) is 81.1 Å². The van der Waals surface area contributed by atoms with Crippen molar-refractivity contribution < 1.29 is 9.53 Å². The van der Waals surface area contributed by atoms with Gasteiger partial charge in [-0.25, -0.2) is 4.68 Å². The lowest BCUT2D eigenvalue weighted by Gasteiger charge is -2.29. The van der Waals surface area contributed by atoms with Gasteiger partial charge in [0.15, 0.2) is 0 Å². The molecule has 4 rings (SSSR count). The molecule has 31 heavy (non-hydrogen) atoms. The van der Waals surface area contributed by atoms with Gasteiger partial charge in [-0.2, -0.15) is 10.1 Å². The fourth-order valence-electron chi connectivity index (χ4n) is 3.87. The van der Waals surface area contributed by atoms with E-state index >= 15 is 0 Å². The van der Waals surface area contributed by atoms with Crippen molar-refractivity contribution in [3.05, 3.63) is 76.8 Å². The van der Waals surface area contributed by atoms with Gasteiger partial charge in [0, 0.05) is 11.4 Å². The maximum Gasteiger partial charge on any atom is 0.255 e. The predicted octanol–water partition coefficient (Wildman–Crippen LogP) is 4.61. The standard InChI is InChI=1S/C24H27N5O2/c1-14(2)31-19-8-6-7-18(12-19)22-21(17(5)27-24-25-13-26-29(22)24)23(30)28-20-10-9-15(3)11-16(20)4/h6-14,22H,1-5H3,(H,28,30)(H,25,26,27). The fraction of sp³-hybridized carbons (Fsp3) is 0.292. The Kier molecular flexibility index (Phi) is 5.50. The van der Waals surface area contributed by atoms with Gasteiger partial charge in [0.1, 0.15) is 18.1 Å². The molecule has 7 heteroatoms. The van der Waals surface area contributed by atoms with Gasteiger partial charge in [0.05, 0.1) is 11.7 Å². The normalized spacial score (nSPS) is 15.5. The first-order chi connectivity index (χ1) is 14.8. The van der Waals surface area contributed by atoms with E-state index in [0.717, 1.165) is 33.8 Å². The number of nitrogens with zero attached hydrogens (tertiary/aromatic N) is 3. The zero-order chi connectivity index (χ0) is 22.1. The number of rotatable bonds is 5. The number of nitrogens with one attached hydrogen (secondary N) is 2. The molecule has 1 atom stereocenters. The Morgan fingerprint density at radius 2 is 1.97 bits per heavy atom. The van der Waals surface area contributed by atoms with Crippen LogP contribution >= 0.6 is 0 Å². The average molecular weight is 418 g/mol. The number of fused-ring (bicyclic) bond motifs is 1. The Balaban J connectivity index is 1.75. The largest absolute Gasteiger partial charge is 0.491 e. The smallest absolute Gasteiger partial charge is 0.255 e. The zero-order valence-corrected chi connectivity index (χ0v) is 18.4. The van der Waals surface area contributed by atoms with Crippen LogP contribution in [0.25, 0.3) is 0 Å². The van der Waals surface area contributed by atoms with Crippen LogP contribution in [0.15, 0.2) is 60.1 Å². The molecule has 2 N–H and O–H groups in total. The maximum atomic E-state index is 13.5. The molecule has 1 aliphatic rings. The molecule has 0 aliphatic carbocycles. The van der Waals surface area contributed by atoms with Crippen molar-refractivity contribution >= 4 is 17.5 Å². The summed E-state index contributed by atoms with van der Waals surface area (Å²) >= 11 is 0. The number of aryl methyl sites for hydroxylation is 2. The molecule has 1 aromatic heterocycles. The van der Waals surface area contributed by atoms with Crippen LogP contribution in [0, 0.1) is 13.8 Å². The lowest BCUT2D eigenvalue weighted by molar-refractivity contribution is -0.113. The Morgan fingerprint density at radius 3 is 2.71 bits per heavy atom. The number of allylic oxidation sites excluding steroid dienone is 1. The highest BCUT2D eigenvalue weighted by molar-refractivity contribution is 6.06. The van der Waals surface area contributed by atoms with Crippen molar-refractivity contribution in [3.63, 3.8) is 0 Å². The minimum atomic E-state index is -0.430. The summed E-state index contributed by atoms with van der Waals surface area (Å²) in [5.41, 5.74) is 5.17. The molecule has 1 unspecified atom stereocenters. The quantitative estimate of drug-likeness (QED) is 0.634. The van der Waals surface area contributed by atoms with Gasteiger partial charge >= 0.3 is 0 Å². The third-order valence-corrected chi connectivity index (χ3v) is 5.21. The number of carbonyl (C=O) groups excluding carboxylic acids is 1. The number of hydrogen-bond acceptors (Lipinski definition) is 5. The van der Waals surface area contributed by atoms with Crippen LogP contribution in [0.2, 0.25) is 0 Å². The monoisotopic (exact) mass is 417 g/mol. The number of benzene rings is 2. The van der Waals surface area contributed by atoms with E-state index in [1.54, 1.807) is 4.68 Å². The molecule has 3 aromatic rings. The lowest BCUT2D eigenvalue weighted by atomic mass is 9.94. The second-order valence-electron chi connectivity index (χ2n) is 8.11. The molecule has 0 saturated heterocycles. The Hall–Kier alpha value is -3.61. The van der Waals surface area contributed by atoms with E-state index in [0.29, 0.717) is 11.5 Å². The van der Waals surface area contributed by atoms with Gasteiger partial charge in [-0.3, -0.25) is 4.79 Å². The third-order valence-electron chi connectivity index (χ3n) is 5.21. The van der Waals surface area contributed by atoms with Crippen LogP contribution in [0.5, 0.6) is 5.75 Å². The van der Waals surface area contributed by atoms with Crippen molar-refractivity contribution in [2.75, 3.05) is 10.6 Å². The summed E-state index contributed by atoms with van der Waals surface area (Å²) in [5, 5.41) is 10.7. The summed E-state index contributed by atoms with van der Waals surface area (Å²) in [4.78, 5) is 17.8. The second kappa shape index (κ2) is 8.26. The Labute approximate surface area is 182 Å². The highest BCUT2D eigenvalue weighted by atomic mass is 16.5. The molecule has 0 fully saturated rings. The van der Waals surface area contributed by atoms with Gasteiger partial charge in [0.25, 0.3) is 5.91 Å². The van der Waals surface area contributed by atoms with E-state index in [-0.39, 0.29) is 12.0 Å². The number of hydrogen-bond donors (Lipinski definition) is 2. The molecular weight excluding hydrogens is 390 g/mol. The summed E-state index contributed by atoms with van der Waals surface area (Å²) in [6.07, 6.45) is 1.54. The molecule has 1 amide bonds. The molecule has 0 spiro atoms. The van der Waals surface area contributed by atoms with Crippen LogP contribution < -0.4 is 15.4 Å². The van der Waals surface area contributed by atoms with Gasteiger partial charge in [-0.05, 0) is 63.9 Å². The lowest BCUT2D eigenvalue weighted by Crippen LogP contribution is -2.31. The molecule has 2 heterocycles.